The number of hydrogen-bond acceptors (Lipinski definition) is 6. The summed E-state index contributed by atoms with van der Waals surface area (Å²) in [6.45, 7) is 0.596. The molecule has 7 heteroatoms. The van der Waals surface area contributed by atoms with Gasteiger partial charge in [0.1, 0.15) is 11.9 Å². The summed E-state index contributed by atoms with van der Waals surface area (Å²) in [5, 5.41) is 9.22. The normalized spacial score (nSPS) is 19.0. The van der Waals surface area contributed by atoms with Gasteiger partial charge < -0.3 is 14.7 Å². The zero-order valence-electron chi connectivity index (χ0n) is 10.4. The minimum atomic E-state index is -0.877. The van der Waals surface area contributed by atoms with Gasteiger partial charge in [-0.1, -0.05) is 0 Å². The number of carbonyl (C=O) groups excluding carboxylic acids is 1. The fourth-order valence-electron chi connectivity index (χ4n) is 1.90. The van der Waals surface area contributed by atoms with Gasteiger partial charge in [-0.2, -0.15) is 11.8 Å². The molecule has 1 aliphatic rings. The van der Waals surface area contributed by atoms with Crippen LogP contribution in [0.1, 0.15) is 10.4 Å². The van der Waals surface area contributed by atoms with Gasteiger partial charge in [0.05, 0.1) is 12.7 Å². The molecule has 0 aliphatic carbocycles. The van der Waals surface area contributed by atoms with Crippen molar-refractivity contribution in [1.82, 2.24) is 4.98 Å². The molecule has 19 heavy (non-hydrogen) atoms. The Balaban J connectivity index is 2.29. The highest BCUT2D eigenvalue weighted by molar-refractivity contribution is 7.99. The van der Waals surface area contributed by atoms with E-state index in [4.69, 9.17) is 0 Å². The van der Waals surface area contributed by atoms with Crippen molar-refractivity contribution in [3.05, 3.63) is 23.9 Å². The number of carbonyl (C=O) groups is 2. The van der Waals surface area contributed by atoms with E-state index in [0.29, 0.717) is 23.7 Å². The van der Waals surface area contributed by atoms with Crippen LogP contribution >= 0.6 is 11.8 Å². The summed E-state index contributed by atoms with van der Waals surface area (Å²) in [5.74, 6) is 0.517. The molecule has 102 valence electrons. The summed E-state index contributed by atoms with van der Waals surface area (Å²) in [6.07, 6.45) is 1.49. The first-order chi connectivity index (χ1) is 9.13. The number of aromatic nitrogens is 1. The summed E-state index contributed by atoms with van der Waals surface area (Å²) >= 11 is 1.60. The maximum atomic E-state index is 11.5. The number of nitrogens with zero attached hydrogens (tertiary/aromatic N) is 2. The molecule has 0 aromatic carbocycles. The Labute approximate surface area is 114 Å². The Kier molecular flexibility index (Phi) is 4.26. The van der Waals surface area contributed by atoms with Gasteiger partial charge in [0.15, 0.2) is 0 Å². The summed E-state index contributed by atoms with van der Waals surface area (Å²) < 4.78 is 4.65. The van der Waals surface area contributed by atoms with Crippen LogP contribution in [0.5, 0.6) is 0 Å². The van der Waals surface area contributed by atoms with Crippen molar-refractivity contribution in [3.8, 4) is 0 Å². The maximum absolute atomic E-state index is 11.5. The van der Waals surface area contributed by atoms with Gasteiger partial charge >= 0.3 is 11.9 Å². The van der Waals surface area contributed by atoms with Gasteiger partial charge in [-0.15, -0.1) is 0 Å². The number of carboxylic acids is 1. The largest absolute Gasteiger partial charge is 0.480 e. The van der Waals surface area contributed by atoms with Crippen molar-refractivity contribution in [2.45, 2.75) is 6.04 Å². The number of thioether (sulfide) groups is 1. The molecular formula is C12H14N2O4S. The highest BCUT2D eigenvalue weighted by Crippen LogP contribution is 2.23. The summed E-state index contributed by atoms with van der Waals surface area (Å²) in [5.41, 5.74) is 0.370. The summed E-state index contributed by atoms with van der Waals surface area (Å²) in [7, 11) is 1.31. The molecule has 6 nitrogen and oxygen atoms in total. The highest BCUT2D eigenvalue weighted by atomic mass is 32.2. The Morgan fingerprint density at radius 2 is 2.37 bits per heavy atom. The number of rotatable bonds is 3. The van der Waals surface area contributed by atoms with Crippen molar-refractivity contribution < 1.29 is 19.4 Å². The Hall–Kier alpha value is -1.76. The summed E-state index contributed by atoms with van der Waals surface area (Å²) in [6, 6.07) is 2.50. The van der Waals surface area contributed by atoms with Gasteiger partial charge in [-0.05, 0) is 12.1 Å². The fourth-order valence-corrected chi connectivity index (χ4v) is 2.94. The fraction of sp³-hybridized carbons (Fsp3) is 0.417. The minimum Gasteiger partial charge on any atom is -0.480 e. The number of ether oxygens (including phenoxy) is 1. The van der Waals surface area contributed by atoms with Crippen molar-refractivity contribution in [2.75, 3.05) is 30.1 Å². The van der Waals surface area contributed by atoms with E-state index in [2.05, 4.69) is 9.72 Å². The van der Waals surface area contributed by atoms with Crippen LogP contribution in [0.4, 0.5) is 5.82 Å². The average Bonchev–Trinajstić information content (AvgIpc) is 2.46. The zero-order valence-corrected chi connectivity index (χ0v) is 11.2. The monoisotopic (exact) mass is 282 g/mol. The van der Waals surface area contributed by atoms with Gasteiger partial charge in [0.25, 0.3) is 0 Å². The van der Waals surface area contributed by atoms with Crippen LogP contribution in [0.2, 0.25) is 0 Å². The SMILES string of the molecule is COC(=O)c1ccnc(N2CCSCC2C(=O)O)c1. The first kappa shape index (κ1) is 13.7. The quantitative estimate of drug-likeness (QED) is 0.824. The molecule has 1 unspecified atom stereocenters. The highest BCUT2D eigenvalue weighted by Gasteiger charge is 2.30. The molecule has 1 aromatic rings. The van der Waals surface area contributed by atoms with Crippen LogP contribution in [0.15, 0.2) is 18.3 Å². The van der Waals surface area contributed by atoms with E-state index in [9.17, 15) is 14.7 Å². The molecule has 1 aliphatic heterocycles. The molecule has 2 rings (SSSR count). The third kappa shape index (κ3) is 2.98. The first-order valence-electron chi connectivity index (χ1n) is 5.75. The number of esters is 1. The lowest BCUT2D eigenvalue weighted by Crippen LogP contribution is -2.47. The second-order valence-corrected chi connectivity index (χ2v) is 5.17. The maximum Gasteiger partial charge on any atom is 0.338 e. The van der Waals surface area contributed by atoms with Gasteiger partial charge in [0, 0.05) is 24.2 Å². The van der Waals surface area contributed by atoms with E-state index in [-0.39, 0.29) is 0 Å². The molecule has 1 atom stereocenters. The van der Waals surface area contributed by atoms with Gasteiger partial charge in [-0.25, -0.2) is 14.6 Å². The van der Waals surface area contributed by atoms with E-state index in [1.54, 1.807) is 28.8 Å². The second kappa shape index (κ2) is 5.92. The lowest BCUT2D eigenvalue weighted by Gasteiger charge is -2.33. The molecular weight excluding hydrogens is 268 g/mol. The Morgan fingerprint density at radius 1 is 1.58 bits per heavy atom. The number of pyridine rings is 1. The standard InChI is InChI=1S/C12H14N2O4S/c1-18-12(17)8-2-3-13-10(6-8)14-4-5-19-7-9(14)11(15)16/h2-3,6,9H,4-5,7H2,1H3,(H,15,16). The van der Waals surface area contributed by atoms with Crippen LogP contribution in [0, 0.1) is 0 Å². The predicted octanol–water partition coefficient (Wildman–Crippen LogP) is 0.875. The molecule has 0 amide bonds. The molecule has 0 spiro atoms. The molecule has 1 aromatic heterocycles. The lowest BCUT2D eigenvalue weighted by molar-refractivity contribution is -0.138. The molecule has 2 heterocycles. The third-order valence-electron chi connectivity index (χ3n) is 2.87. The van der Waals surface area contributed by atoms with Crippen LogP contribution in [-0.2, 0) is 9.53 Å². The Morgan fingerprint density at radius 3 is 3.05 bits per heavy atom. The average molecular weight is 282 g/mol. The topological polar surface area (TPSA) is 79.7 Å². The molecule has 0 saturated carbocycles. The molecule has 1 N–H and O–H groups in total. The van der Waals surface area contributed by atoms with Gasteiger partial charge in [-0.3, -0.25) is 0 Å². The predicted molar refractivity (Wildman–Crippen MR) is 71.7 cm³/mol. The van der Waals surface area contributed by atoms with E-state index < -0.39 is 18.0 Å². The zero-order chi connectivity index (χ0) is 13.8. The van der Waals surface area contributed by atoms with Crippen LogP contribution < -0.4 is 4.90 Å². The van der Waals surface area contributed by atoms with Crippen molar-refractivity contribution in [1.29, 1.82) is 0 Å². The number of methoxy groups -OCH3 is 1. The number of anilines is 1. The van der Waals surface area contributed by atoms with Crippen molar-refractivity contribution >= 4 is 29.5 Å². The minimum absolute atomic E-state index is 0.370. The van der Waals surface area contributed by atoms with E-state index in [0.717, 1.165) is 5.75 Å². The molecule has 0 bridgehead atoms. The summed E-state index contributed by atoms with van der Waals surface area (Å²) in [4.78, 5) is 28.6. The number of hydrogen-bond donors (Lipinski definition) is 1. The van der Waals surface area contributed by atoms with Crippen LogP contribution in [0.25, 0.3) is 0 Å². The Bertz CT molecular complexity index is 494. The van der Waals surface area contributed by atoms with E-state index >= 15 is 0 Å². The van der Waals surface area contributed by atoms with Crippen LogP contribution in [0.3, 0.4) is 0 Å². The van der Waals surface area contributed by atoms with Crippen LogP contribution in [-0.4, -0.2) is 53.2 Å². The number of carboxylic acid groups (broad SMARTS) is 1. The third-order valence-corrected chi connectivity index (χ3v) is 3.90. The molecule has 1 saturated heterocycles. The lowest BCUT2D eigenvalue weighted by atomic mass is 10.2. The first-order valence-corrected chi connectivity index (χ1v) is 6.90. The molecule has 0 radical (unpaired) electrons. The van der Waals surface area contributed by atoms with Crippen molar-refractivity contribution in [3.63, 3.8) is 0 Å². The van der Waals surface area contributed by atoms with E-state index in [1.165, 1.54) is 13.3 Å². The van der Waals surface area contributed by atoms with Gasteiger partial charge in [0.2, 0.25) is 0 Å². The number of aliphatic carboxylic acids is 1. The molecule has 1 fully saturated rings. The van der Waals surface area contributed by atoms with E-state index in [1.807, 2.05) is 0 Å². The smallest absolute Gasteiger partial charge is 0.338 e. The second-order valence-electron chi connectivity index (χ2n) is 4.02. The van der Waals surface area contributed by atoms with Crippen molar-refractivity contribution in [2.24, 2.45) is 0 Å².